The van der Waals surface area contributed by atoms with Crippen LogP contribution in [0.5, 0.6) is 0 Å². The van der Waals surface area contributed by atoms with Crippen molar-refractivity contribution in [2.24, 2.45) is 0 Å². The SMILES string of the molecule is COC1(CNc2cc(C)c(N)cn2)CCC1. The number of aryl methyl sites for hydroxylation is 1. The van der Waals surface area contributed by atoms with E-state index in [1.807, 2.05) is 13.0 Å². The van der Waals surface area contributed by atoms with E-state index in [2.05, 4.69) is 10.3 Å². The molecule has 0 amide bonds. The van der Waals surface area contributed by atoms with Gasteiger partial charge in [0.05, 0.1) is 17.5 Å². The summed E-state index contributed by atoms with van der Waals surface area (Å²) in [6.45, 7) is 2.80. The van der Waals surface area contributed by atoms with E-state index in [4.69, 9.17) is 10.5 Å². The zero-order chi connectivity index (χ0) is 11.6. The van der Waals surface area contributed by atoms with Gasteiger partial charge in [0.25, 0.3) is 0 Å². The van der Waals surface area contributed by atoms with Crippen molar-refractivity contribution in [1.29, 1.82) is 0 Å². The van der Waals surface area contributed by atoms with Crippen molar-refractivity contribution in [1.82, 2.24) is 4.98 Å². The Bertz CT molecular complexity index is 369. The molecule has 1 fully saturated rings. The van der Waals surface area contributed by atoms with Crippen LogP contribution in [0.4, 0.5) is 11.5 Å². The minimum atomic E-state index is 0.0248. The lowest BCUT2D eigenvalue weighted by Gasteiger charge is -2.40. The molecule has 1 aliphatic carbocycles. The number of ether oxygens (including phenoxy) is 1. The number of nitrogen functional groups attached to an aromatic ring is 1. The molecule has 4 heteroatoms. The van der Waals surface area contributed by atoms with Gasteiger partial charge in [-0.25, -0.2) is 4.98 Å². The Labute approximate surface area is 96.2 Å². The fourth-order valence-corrected chi connectivity index (χ4v) is 1.94. The molecule has 0 spiro atoms. The third-order valence-corrected chi connectivity index (χ3v) is 3.44. The summed E-state index contributed by atoms with van der Waals surface area (Å²) in [4.78, 5) is 4.24. The van der Waals surface area contributed by atoms with Crippen molar-refractivity contribution in [2.45, 2.75) is 31.8 Å². The molecule has 1 saturated carbocycles. The molecule has 0 saturated heterocycles. The second-order valence-electron chi connectivity index (χ2n) is 4.52. The normalized spacial score (nSPS) is 17.9. The van der Waals surface area contributed by atoms with Crippen LogP contribution >= 0.6 is 0 Å². The standard InChI is InChI=1S/C12H19N3O/c1-9-6-11(14-7-10(9)13)15-8-12(16-2)4-3-5-12/h6-7H,3-5,8,13H2,1-2H3,(H,14,15). The van der Waals surface area contributed by atoms with Gasteiger partial charge in [0.1, 0.15) is 5.82 Å². The van der Waals surface area contributed by atoms with E-state index < -0.39 is 0 Å². The molecule has 1 heterocycles. The molecule has 0 unspecified atom stereocenters. The average Bonchev–Trinajstić information content (AvgIpc) is 2.22. The van der Waals surface area contributed by atoms with Crippen LogP contribution in [-0.2, 0) is 4.74 Å². The first kappa shape index (κ1) is 11.2. The van der Waals surface area contributed by atoms with Crippen LogP contribution in [0, 0.1) is 6.92 Å². The molecule has 1 aromatic heterocycles. The minimum Gasteiger partial charge on any atom is -0.397 e. The summed E-state index contributed by atoms with van der Waals surface area (Å²) in [6, 6.07) is 1.97. The van der Waals surface area contributed by atoms with E-state index in [0.29, 0.717) is 0 Å². The Morgan fingerprint density at radius 3 is 2.81 bits per heavy atom. The Morgan fingerprint density at radius 2 is 2.31 bits per heavy atom. The van der Waals surface area contributed by atoms with E-state index in [9.17, 15) is 0 Å². The van der Waals surface area contributed by atoms with Gasteiger partial charge in [-0.2, -0.15) is 0 Å². The fourth-order valence-electron chi connectivity index (χ4n) is 1.94. The number of hydrogen-bond acceptors (Lipinski definition) is 4. The summed E-state index contributed by atoms with van der Waals surface area (Å²) >= 11 is 0. The number of rotatable bonds is 4. The van der Waals surface area contributed by atoms with Gasteiger partial charge in [0.15, 0.2) is 0 Å². The first-order chi connectivity index (χ1) is 7.65. The molecule has 88 valence electrons. The summed E-state index contributed by atoms with van der Waals surface area (Å²) in [5, 5.41) is 3.31. The number of aromatic nitrogens is 1. The highest BCUT2D eigenvalue weighted by molar-refractivity contribution is 5.50. The number of nitrogens with one attached hydrogen (secondary N) is 1. The molecule has 2 rings (SSSR count). The van der Waals surface area contributed by atoms with Gasteiger partial charge < -0.3 is 15.8 Å². The maximum atomic E-state index is 5.72. The third kappa shape index (κ3) is 2.11. The smallest absolute Gasteiger partial charge is 0.126 e. The summed E-state index contributed by atoms with van der Waals surface area (Å²) in [5.74, 6) is 0.870. The van der Waals surface area contributed by atoms with Gasteiger partial charge >= 0.3 is 0 Å². The number of hydrogen-bond donors (Lipinski definition) is 2. The largest absolute Gasteiger partial charge is 0.397 e. The zero-order valence-electron chi connectivity index (χ0n) is 9.92. The van der Waals surface area contributed by atoms with Crippen LogP contribution < -0.4 is 11.1 Å². The van der Waals surface area contributed by atoms with Crippen molar-refractivity contribution < 1.29 is 4.74 Å². The van der Waals surface area contributed by atoms with Crippen molar-refractivity contribution >= 4 is 11.5 Å². The number of nitrogens with zero attached hydrogens (tertiary/aromatic N) is 1. The predicted molar refractivity (Wildman–Crippen MR) is 65.5 cm³/mol. The van der Waals surface area contributed by atoms with Gasteiger partial charge in [-0.1, -0.05) is 0 Å². The summed E-state index contributed by atoms with van der Waals surface area (Å²) in [5.41, 5.74) is 7.53. The Hall–Kier alpha value is -1.29. The number of nitrogens with two attached hydrogens (primary N) is 1. The average molecular weight is 221 g/mol. The molecule has 16 heavy (non-hydrogen) atoms. The number of methoxy groups -OCH3 is 1. The van der Waals surface area contributed by atoms with Crippen LogP contribution in [0.2, 0.25) is 0 Å². The predicted octanol–water partition coefficient (Wildman–Crippen LogP) is 1.95. The Kier molecular flexibility index (Phi) is 3.01. The lowest BCUT2D eigenvalue weighted by atomic mass is 9.80. The topological polar surface area (TPSA) is 60.2 Å². The molecule has 1 aromatic rings. The van der Waals surface area contributed by atoms with Crippen molar-refractivity contribution in [3.63, 3.8) is 0 Å². The fraction of sp³-hybridized carbons (Fsp3) is 0.583. The molecular formula is C12H19N3O. The lowest BCUT2D eigenvalue weighted by molar-refractivity contribution is -0.0601. The molecule has 0 aromatic carbocycles. The molecule has 1 aliphatic rings. The molecule has 0 atom stereocenters. The van der Waals surface area contributed by atoms with Crippen LogP contribution in [0.3, 0.4) is 0 Å². The molecule has 0 bridgehead atoms. The number of anilines is 2. The van der Waals surface area contributed by atoms with Gasteiger partial charge in [0, 0.05) is 13.7 Å². The zero-order valence-corrected chi connectivity index (χ0v) is 9.92. The second-order valence-corrected chi connectivity index (χ2v) is 4.52. The summed E-state index contributed by atoms with van der Waals surface area (Å²) in [7, 11) is 1.78. The molecule has 0 radical (unpaired) electrons. The third-order valence-electron chi connectivity index (χ3n) is 3.44. The molecule has 3 N–H and O–H groups in total. The van der Waals surface area contributed by atoms with E-state index in [-0.39, 0.29) is 5.60 Å². The monoisotopic (exact) mass is 221 g/mol. The highest BCUT2D eigenvalue weighted by atomic mass is 16.5. The van der Waals surface area contributed by atoms with Gasteiger partial charge in [-0.05, 0) is 37.8 Å². The Morgan fingerprint density at radius 1 is 1.56 bits per heavy atom. The van der Waals surface area contributed by atoms with Crippen molar-refractivity contribution in [3.05, 3.63) is 17.8 Å². The van der Waals surface area contributed by atoms with E-state index >= 15 is 0 Å². The van der Waals surface area contributed by atoms with Crippen molar-refractivity contribution in [3.8, 4) is 0 Å². The number of pyridine rings is 1. The second kappa shape index (κ2) is 4.29. The maximum absolute atomic E-state index is 5.72. The van der Waals surface area contributed by atoms with Crippen LogP contribution in [0.1, 0.15) is 24.8 Å². The van der Waals surface area contributed by atoms with E-state index in [1.165, 1.54) is 6.42 Å². The van der Waals surface area contributed by atoms with Crippen molar-refractivity contribution in [2.75, 3.05) is 24.7 Å². The van der Waals surface area contributed by atoms with Gasteiger partial charge in [0.2, 0.25) is 0 Å². The highest BCUT2D eigenvalue weighted by Gasteiger charge is 2.36. The summed E-state index contributed by atoms with van der Waals surface area (Å²) < 4.78 is 5.53. The first-order valence-electron chi connectivity index (χ1n) is 5.66. The van der Waals surface area contributed by atoms with Crippen LogP contribution in [0.25, 0.3) is 0 Å². The quantitative estimate of drug-likeness (QED) is 0.816. The molecular weight excluding hydrogens is 202 g/mol. The lowest BCUT2D eigenvalue weighted by Crippen LogP contribution is -2.45. The van der Waals surface area contributed by atoms with E-state index in [1.54, 1.807) is 13.3 Å². The minimum absolute atomic E-state index is 0.0248. The first-order valence-corrected chi connectivity index (χ1v) is 5.66. The van der Waals surface area contributed by atoms with Gasteiger partial charge in [-0.3, -0.25) is 0 Å². The molecule has 4 nitrogen and oxygen atoms in total. The Balaban J connectivity index is 1.96. The van der Waals surface area contributed by atoms with Crippen LogP contribution in [-0.4, -0.2) is 24.2 Å². The van der Waals surface area contributed by atoms with Crippen LogP contribution in [0.15, 0.2) is 12.3 Å². The summed E-state index contributed by atoms with van der Waals surface area (Å²) in [6.07, 6.45) is 5.20. The maximum Gasteiger partial charge on any atom is 0.126 e. The van der Waals surface area contributed by atoms with E-state index in [0.717, 1.165) is 36.5 Å². The van der Waals surface area contributed by atoms with Gasteiger partial charge in [-0.15, -0.1) is 0 Å². The highest BCUT2D eigenvalue weighted by Crippen LogP contribution is 2.35. The molecule has 0 aliphatic heterocycles.